The quantitative estimate of drug-likeness (QED) is 0.365. The highest BCUT2D eigenvalue weighted by Gasteiger charge is 2.40. The zero-order valence-electron chi connectivity index (χ0n) is 19.6. The predicted octanol–water partition coefficient (Wildman–Crippen LogP) is 5.85. The smallest absolute Gasteiger partial charge is 0.254 e. The van der Waals surface area contributed by atoms with Crippen LogP contribution in [0, 0.1) is 0 Å². The zero-order chi connectivity index (χ0) is 23.8. The van der Waals surface area contributed by atoms with Gasteiger partial charge in [-0.05, 0) is 55.7 Å². The first-order valence-electron chi connectivity index (χ1n) is 11.8. The van der Waals surface area contributed by atoms with Gasteiger partial charge in [0.15, 0.2) is 0 Å². The Kier molecular flexibility index (Phi) is 6.00. The van der Waals surface area contributed by atoms with Crippen molar-refractivity contribution in [2.75, 3.05) is 0 Å². The van der Waals surface area contributed by atoms with Gasteiger partial charge in [-0.3, -0.25) is 9.48 Å². The molecule has 2 unspecified atom stereocenters. The minimum atomic E-state index is -0.0892. The molecular weight excluding hydrogens is 446 g/mol. The highest BCUT2D eigenvalue weighted by molar-refractivity contribution is 6.30. The number of halogens is 1. The third-order valence-electron chi connectivity index (χ3n) is 6.71. The fourth-order valence-corrected chi connectivity index (χ4v) is 5.36. The van der Waals surface area contributed by atoms with Crippen LogP contribution in [0.25, 0.3) is 16.9 Å². The standard InChI is InChI=1S/C27H28ClN5O/c1-4-21-17-23-25(30-31(3)26(23)18-9-6-11-20(28)15-18)24(5-2)33(21)27(34)19-10-7-12-22(16-19)32-14-8-13-29-32/h6-16,21,24H,4-5,17H2,1-3H3. The maximum atomic E-state index is 13.9. The molecule has 0 N–H and O–H groups in total. The fourth-order valence-electron chi connectivity index (χ4n) is 5.17. The minimum Gasteiger partial charge on any atom is -0.327 e. The summed E-state index contributed by atoms with van der Waals surface area (Å²) < 4.78 is 3.72. The van der Waals surface area contributed by atoms with Gasteiger partial charge in [0.05, 0.1) is 23.1 Å². The highest BCUT2D eigenvalue weighted by Crippen LogP contribution is 2.41. The lowest BCUT2D eigenvalue weighted by Gasteiger charge is -2.41. The van der Waals surface area contributed by atoms with Crippen LogP contribution in [0.3, 0.4) is 0 Å². The molecule has 1 aliphatic rings. The lowest BCUT2D eigenvalue weighted by Crippen LogP contribution is -2.47. The van der Waals surface area contributed by atoms with E-state index in [4.69, 9.17) is 16.7 Å². The van der Waals surface area contributed by atoms with Gasteiger partial charge in [0.2, 0.25) is 0 Å². The fraction of sp³-hybridized carbons (Fsp3) is 0.296. The maximum Gasteiger partial charge on any atom is 0.254 e. The first-order chi connectivity index (χ1) is 16.5. The van der Waals surface area contributed by atoms with E-state index in [1.807, 2.05) is 66.5 Å². The van der Waals surface area contributed by atoms with Gasteiger partial charge < -0.3 is 4.90 Å². The molecule has 0 spiro atoms. The molecule has 174 valence electrons. The van der Waals surface area contributed by atoms with Gasteiger partial charge in [0.25, 0.3) is 5.91 Å². The van der Waals surface area contributed by atoms with Gasteiger partial charge in [-0.15, -0.1) is 0 Å². The van der Waals surface area contributed by atoms with E-state index < -0.39 is 0 Å². The molecule has 5 rings (SSSR count). The summed E-state index contributed by atoms with van der Waals surface area (Å²) in [5, 5.41) is 9.94. The molecule has 0 fully saturated rings. The van der Waals surface area contributed by atoms with E-state index in [1.165, 1.54) is 5.56 Å². The summed E-state index contributed by atoms with van der Waals surface area (Å²) in [5.74, 6) is 0.0355. The Morgan fingerprint density at radius 2 is 1.91 bits per heavy atom. The first-order valence-corrected chi connectivity index (χ1v) is 12.1. The van der Waals surface area contributed by atoms with Gasteiger partial charge in [-0.2, -0.15) is 10.2 Å². The molecule has 0 radical (unpaired) electrons. The largest absolute Gasteiger partial charge is 0.327 e. The summed E-state index contributed by atoms with van der Waals surface area (Å²) in [5.41, 5.74) is 5.89. The molecule has 1 aliphatic heterocycles. The number of hydrogen-bond acceptors (Lipinski definition) is 3. The Morgan fingerprint density at radius 3 is 2.62 bits per heavy atom. The number of aryl methyl sites for hydroxylation is 1. The Hall–Kier alpha value is -3.38. The van der Waals surface area contributed by atoms with E-state index in [1.54, 1.807) is 10.9 Å². The predicted molar refractivity (Wildman–Crippen MR) is 134 cm³/mol. The van der Waals surface area contributed by atoms with Crippen molar-refractivity contribution < 1.29 is 4.79 Å². The number of nitrogens with zero attached hydrogens (tertiary/aromatic N) is 5. The number of carbonyl (C=O) groups excluding carboxylic acids is 1. The molecule has 34 heavy (non-hydrogen) atoms. The van der Waals surface area contributed by atoms with E-state index in [2.05, 4.69) is 29.9 Å². The molecule has 6 nitrogen and oxygen atoms in total. The highest BCUT2D eigenvalue weighted by atomic mass is 35.5. The maximum absolute atomic E-state index is 13.9. The van der Waals surface area contributed by atoms with Crippen LogP contribution in [0.1, 0.15) is 54.3 Å². The van der Waals surface area contributed by atoms with Crippen LogP contribution in [0.4, 0.5) is 0 Å². The summed E-state index contributed by atoms with van der Waals surface area (Å²) in [4.78, 5) is 16.0. The molecular formula is C27H28ClN5O. The van der Waals surface area contributed by atoms with Crippen molar-refractivity contribution in [1.82, 2.24) is 24.5 Å². The Balaban J connectivity index is 1.56. The van der Waals surface area contributed by atoms with Gasteiger partial charge in [0.1, 0.15) is 0 Å². The van der Waals surface area contributed by atoms with Crippen molar-refractivity contribution in [3.8, 4) is 16.9 Å². The van der Waals surface area contributed by atoms with Crippen LogP contribution in [-0.2, 0) is 13.5 Å². The van der Waals surface area contributed by atoms with E-state index in [9.17, 15) is 4.79 Å². The molecule has 0 saturated heterocycles. The summed E-state index contributed by atoms with van der Waals surface area (Å²) in [7, 11) is 1.97. The molecule has 2 atom stereocenters. The average Bonchev–Trinajstić information content (AvgIpc) is 3.50. The molecule has 0 saturated carbocycles. The molecule has 0 bridgehead atoms. The van der Waals surface area contributed by atoms with Crippen molar-refractivity contribution in [2.45, 2.75) is 45.2 Å². The number of benzene rings is 2. The number of hydrogen-bond donors (Lipinski definition) is 0. The van der Waals surface area contributed by atoms with Crippen molar-refractivity contribution in [2.24, 2.45) is 7.05 Å². The Morgan fingerprint density at radius 1 is 1.09 bits per heavy atom. The monoisotopic (exact) mass is 473 g/mol. The molecule has 2 aromatic heterocycles. The topological polar surface area (TPSA) is 56.0 Å². The van der Waals surface area contributed by atoms with E-state index in [0.29, 0.717) is 10.6 Å². The zero-order valence-corrected chi connectivity index (χ0v) is 20.4. The van der Waals surface area contributed by atoms with Crippen molar-refractivity contribution in [3.05, 3.63) is 88.8 Å². The number of aromatic nitrogens is 4. The van der Waals surface area contributed by atoms with Gasteiger partial charge in [-0.25, -0.2) is 4.68 Å². The molecule has 4 aromatic rings. The number of carbonyl (C=O) groups is 1. The minimum absolute atomic E-state index is 0.0355. The van der Waals surface area contributed by atoms with Crippen molar-refractivity contribution >= 4 is 17.5 Å². The second-order valence-corrected chi connectivity index (χ2v) is 9.19. The van der Waals surface area contributed by atoms with Gasteiger partial charge in [-0.1, -0.05) is 43.6 Å². The van der Waals surface area contributed by atoms with Gasteiger partial charge in [0, 0.05) is 47.2 Å². The number of amides is 1. The first kappa shape index (κ1) is 22.4. The second-order valence-electron chi connectivity index (χ2n) is 8.75. The second kappa shape index (κ2) is 9.11. The van der Waals surface area contributed by atoms with Crippen LogP contribution in [0.2, 0.25) is 5.02 Å². The van der Waals surface area contributed by atoms with Crippen LogP contribution in [0.5, 0.6) is 0 Å². The van der Waals surface area contributed by atoms with E-state index in [0.717, 1.165) is 41.9 Å². The molecule has 0 aliphatic carbocycles. The van der Waals surface area contributed by atoms with E-state index >= 15 is 0 Å². The lowest BCUT2D eigenvalue weighted by atomic mass is 9.87. The third kappa shape index (κ3) is 3.82. The van der Waals surface area contributed by atoms with Gasteiger partial charge >= 0.3 is 0 Å². The molecule has 7 heteroatoms. The molecule has 2 aromatic carbocycles. The van der Waals surface area contributed by atoms with Crippen LogP contribution in [-0.4, -0.2) is 36.4 Å². The number of rotatable bonds is 5. The lowest BCUT2D eigenvalue weighted by molar-refractivity contribution is 0.0513. The van der Waals surface area contributed by atoms with Crippen molar-refractivity contribution in [1.29, 1.82) is 0 Å². The van der Waals surface area contributed by atoms with Crippen LogP contribution < -0.4 is 0 Å². The van der Waals surface area contributed by atoms with E-state index in [-0.39, 0.29) is 18.0 Å². The number of fused-ring (bicyclic) bond motifs is 1. The molecule has 1 amide bonds. The SMILES string of the molecule is CCC1Cc2c(nn(C)c2-c2cccc(Cl)c2)C(CC)N1C(=O)c1cccc(-n2cccn2)c1. The third-order valence-corrected chi connectivity index (χ3v) is 6.95. The Bertz CT molecular complexity index is 1330. The van der Waals surface area contributed by atoms with Crippen LogP contribution >= 0.6 is 11.6 Å². The summed E-state index contributed by atoms with van der Waals surface area (Å²) in [6.07, 6.45) is 6.04. The van der Waals surface area contributed by atoms with Crippen molar-refractivity contribution in [3.63, 3.8) is 0 Å². The normalized spacial score (nSPS) is 17.6. The molecule has 3 heterocycles. The Labute approximate surface area is 204 Å². The van der Waals surface area contributed by atoms with Crippen LogP contribution in [0.15, 0.2) is 67.0 Å². The summed E-state index contributed by atoms with van der Waals surface area (Å²) in [6.45, 7) is 4.28. The summed E-state index contributed by atoms with van der Waals surface area (Å²) >= 11 is 6.30. The summed E-state index contributed by atoms with van der Waals surface area (Å²) in [6, 6.07) is 17.5. The average molecular weight is 474 g/mol.